The smallest absolute Gasteiger partial charge is 0.0312 e. The molecule has 0 saturated heterocycles. The average Bonchev–Trinajstić information content (AvgIpc) is 2.14. The van der Waals surface area contributed by atoms with Crippen LogP contribution in [0.25, 0.3) is 0 Å². The van der Waals surface area contributed by atoms with Crippen LogP contribution in [0.1, 0.15) is 18.9 Å². The lowest BCUT2D eigenvalue weighted by atomic mass is 10.2. The van der Waals surface area contributed by atoms with Crippen molar-refractivity contribution in [3.8, 4) is 0 Å². The van der Waals surface area contributed by atoms with Crippen molar-refractivity contribution < 1.29 is 0 Å². The summed E-state index contributed by atoms with van der Waals surface area (Å²) in [6, 6.07) is 4.29. The Hall–Kier alpha value is -0.930. The summed E-state index contributed by atoms with van der Waals surface area (Å²) < 4.78 is 0. The Morgan fingerprint density at radius 1 is 1.62 bits per heavy atom. The van der Waals surface area contributed by atoms with Gasteiger partial charge in [0.25, 0.3) is 0 Å². The maximum Gasteiger partial charge on any atom is 0.0312 e. The van der Waals surface area contributed by atoms with E-state index in [2.05, 4.69) is 16.4 Å². The van der Waals surface area contributed by atoms with Gasteiger partial charge < -0.3 is 11.1 Å². The normalized spacial score (nSPS) is 12.8. The molecule has 0 amide bonds. The van der Waals surface area contributed by atoms with E-state index in [4.69, 9.17) is 5.73 Å². The Morgan fingerprint density at radius 2 is 2.46 bits per heavy atom. The monoisotopic (exact) mass is 179 g/mol. The number of nitrogens with zero attached hydrogens (tertiary/aromatic N) is 1. The van der Waals surface area contributed by atoms with Crippen molar-refractivity contribution in [1.82, 2.24) is 10.3 Å². The summed E-state index contributed by atoms with van der Waals surface area (Å²) in [5.41, 5.74) is 6.83. The third kappa shape index (κ3) is 4.60. The van der Waals surface area contributed by atoms with E-state index in [1.165, 1.54) is 5.56 Å². The molecule has 1 heterocycles. The van der Waals surface area contributed by atoms with Crippen molar-refractivity contribution in [1.29, 1.82) is 0 Å². The van der Waals surface area contributed by atoms with Gasteiger partial charge >= 0.3 is 0 Å². The van der Waals surface area contributed by atoms with Gasteiger partial charge in [0, 0.05) is 25.0 Å². The Morgan fingerprint density at radius 3 is 3.08 bits per heavy atom. The van der Waals surface area contributed by atoms with E-state index in [9.17, 15) is 0 Å². The minimum atomic E-state index is 0.279. The van der Waals surface area contributed by atoms with Gasteiger partial charge in [-0.05, 0) is 31.5 Å². The maximum atomic E-state index is 5.62. The van der Waals surface area contributed by atoms with E-state index in [1.54, 1.807) is 6.20 Å². The molecule has 0 aliphatic heterocycles. The van der Waals surface area contributed by atoms with Crippen LogP contribution >= 0.6 is 0 Å². The second-order valence-electron chi connectivity index (χ2n) is 3.30. The van der Waals surface area contributed by atoms with Crippen LogP contribution in [-0.2, 0) is 6.54 Å². The number of nitrogens with two attached hydrogens (primary N) is 1. The van der Waals surface area contributed by atoms with Gasteiger partial charge in [0.15, 0.2) is 0 Å². The van der Waals surface area contributed by atoms with Crippen LogP contribution < -0.4 is 11.1 Å². The van der Waals surface area contributed by atoms with E-state index >= 15 is 0 Å². The second-order valence-corrected chi connectivity index (χ2v) is 3.30. The SMILES string of the molecule is CC(N)CCNCc1cccnc1. The zero-order chi connectivity index (χ0) is 9.52. The number of nitrogens with one attached hydrogen (secondary N) is 1. The van der Waals surface area contributed by atoms with Crippen LogP contribution in [0.15, 0.2) is 24.5 Å². The summed E-state index contributed by atoms with van der Waals surface area (Å²) in [4.78, 5) is 4.03. The fourth-order valence-electron chi connectivity index (χ4n) is 1.07. The summed E-state index contributed by atoms with van der Waals surface area (Å²) >= 11 is 0. The fourth-order valence-corrected chi connectivity index (χ4v) is 1.07. The second kappa shape index (κ2) is 5.67. The van der Waals surface area contributed by atoms with Crippen molar-refractivity contribution in [2.45, 2.75) is 25.9 Å². The highest BCUT2D eigenvalue weighted by molar-refractivity contribution is 5.07. The fraction of sp³-hybridized carbons (Fsp3) is 0.500. The zero-order valence-corrected chi connectivity index (χ0v) is 8.03. The summed E-state index contributed by atoms with van der Waals surface area (Å²) in [5, 5.41) is 3.31. The molecule has 0 radical (unpaired) electrons. The molecule has 3 heteroatoms. The number of hydrogen-bond donors (Lipinski definition) is 2. The predicted octanol–water partition coefficient (Wildman–Crippen LogP) is 0.908. The van der Waals surface area contributed by atoms with Crippen LogP contribution in [0, 0.1) is 0 Å². The summed E-state index contributed by atoms with van der Waals surface area (Å²) in [7, 11) is 0. The van der Waals surface area contributed by atoms with Gasteiger partial charge in [-0.15, -0.1) is 0 Å². The van der Waals surface area contributed by atoms with Crippen LogP contribution in [0.3, 0.4) is 0 Å². The number of pyridine rings is 1. The molecule has 0 spiro atoms. The summed E-state index contributed by atoms with van der Waals surface area (Å²) in [6.45, 7) is 3.86. The first-order valence-electron chi connectivity index (χ1n) is 4.64. The topological polar surface area (TPSA) is 50.9 Å². The quantitative estimate of drug-likeness (QED) is 0.660. The van der Waals surface area contributed by atoms with Crippen LogP contribution in [0.4, 0.5) is 0 Å². The molecular weight excluding hydrogens is 162 g/mol. The Kier molecular flexibility index (Phi) is 4.43. The summed E-state index contributed by atoms with van der Waals surface area (Å²) in [5.74, 6) is 0. The Bertz CT molecular complexity index is 221. The minimum Gasteiger partial charge on any atom is -0.328 e. The molecule has 72 valence electrons. The third-order valence-corrected chi connectivity index (χ3v) is 1.83. The van der Waals surface area contributed by atoms with Crippen molar-refractivity contribution in [2.75, 3.05) is 6.54 Å². The molecule has 0 aliphatic rings. The van der Waals surface area contributed by atoms with Gasteiger partial charge in [0.1, 0.15) is 0 Å². The number of aromatic nitrogens is 1. The molecule has 1 unspecified atom stereocenters. The van der Waals surface area contributed by atoms with Gasteiger partial charge in [-0.3, -0.25) is 4.98 Å². The molecule has 1 atom stereocenters. The van der Waals surface area contributed by atoms with E-state index in [0.29, 0.717) is 0 Å². The van der Waals surface area contributed by atoms with Crippen LogP contribution in [0.2, 0.25) is 0 Å². The van der Waals surface area contributed by atoms with Gasteiger partial charge in [-0.1, -0.05) is 6.07 Å². The van der Waals surface area contributed by atoms with Crippen LogP contribution in [0.5, 0.6) is 0 Å². The summed E-state index contributed by atoms with van der Waals surface area (Å²) in [6.07, 6.45) is 4.67. The van der Waals surface area contributed by atoms with Crippen molar-refractivity contribution >= 4 is 0 Å². The first-order valence-corrected chi connectivity index (χ1v) is 4.64. The molecular formula is C10H17N3. The lowest BCUT2D eigenvalue weighted by Gasteiger charge is -2.06. The zero-order valence-electron chi connectivity index (χ0n) is 8.03. The molecule has 0 saturated carbocycles. The number of rotatable bonds is 5. The molecule has 0 aromatic carbocycles. The van der Waals surface area contributed by atoms with Crippen molar-refractivity contribution in [2.24, 2.45) is 5.73 Å². The lowest BCUT2D eigenvalue weighted by Crippen LogP contribution is -2.23. The highest BCUT2D eigenvalue weighted by Gasteiger charge is 1.94. The minimum absolute atomic E-state index is 0.279. The number of hydrogen-bond acceptors (Lipinski definition) is 3. The van der Waals surface area contributed by atoms with E-state index in [-0.39, 0.29) is 6.04 Å². The largest absolute Gasteiger partial charge is 0.328 e. The molecule has 1 aromatic rings. The molecule has 1 aromatic heterocycles. The lowest BCUT2D eigenvalue weighted by molar-refractivity contribution is 0.588. The maximum absolute atomic E-state index is 5.62. The van der Waals surface area contributed by atoms with Gasteiger partial charge in [0.2, 0.25) is 0 Å². The molecule has 3 nitrogen and oxygen atoms in total. The Balaban J connectivity index is 2.13. The highest BCUT2D eigenvalue weighted by atomic mass is 14.9. The van der Waals surface area contributed by atoms with Gasteiger partial charge in [0.05, 0.1) is 0 Å². The first kappa shape index (κ1) is 10.2. The van der Waals surface area contributed by atoms with Gasteiger partial charge in [-0.25, -0.2) is 0 Å². The molecule has 13 heavy (non-hydrogen) atoms. The van der Waals surface area contributed by atoms with Crippen LogP contribution in [-0.4, -0.2) is 17.6 Å². The predicted molar refractivity (Wildman–Crippen MR) is 54.2 cm³/mol. The van der Waals surface area contributed by atoms with Crippen molar-refractivity contribution in [3.63, 3.8) is 0 Å². The first-order chi connectivity index (χ1) is 6.29. The molecule has 3 N–H and O–H groups in total. The molecule has 0 aliphatic carbocycles. The van der Waals surface area contributed by atoms with Crippen molar-refractivity contribution in [3.05, 3.63) is 30.1 Å². The highest BCUT2D eigenvalue weighted by Crippen LogP contribution is 1.94. The molecule has 1 rings (SSSR count). The average molecular weight is 179 g/mol. The standard InChI is InChI=1S/C10H17N3/c1-9(11)4-6-13-8-10-3-2-5-12-7-10/h2-3,5,7,9,13H,4,6,8,11H2,1H3. The van der Waals surface area contributed by atoms with E-state index in [0.717, 1.165) is 19.5 Å². The third-order valence-electron chi connectivity index (χ3n) is 1.83. The Labute approximate surface area is 79.4 Å². The van der Waals surface area contributed by atoms with E-state index in [1.807, 2.05) is 19.2 Å². The van der Waals surface area contributed by atoms with E-state index < -0.39 is 0 Å². The molecule has 0 fully saturated rings. The molecule has 0 bridgehead atoms. The van der Waals surface area contributed by atoms with Gasteiger partial charge in [-0.2, -0.15) is 0 Å².